The molecule has 1 amide bonds. The summed E-state index contributed by atoms with van der Waals surface area (Å²) in [6, 6.07) is 2.47. The first-order valence-corrected chi connectivity index (χ1v) is 6.61. The largest absolute Gasteiger partial charge is 0.444 e. The van der Waals surface area contributed by atoms with E-state index in [2.05, 4.69) is 5.32 Å². The molecule has 8 heteroatoms. The number of halogens is 2. The molecular formula is C11H13F2NO4S. The molecule has 1 aromatic rings. The van der Waals surface area contributed by atoms with Gasteiger partial charge in [-0.15, -0.1) is 3.89 Å². The highest BCUT2D eigenvalue weighted by Crippen LogP contribution is 2.21. The van der Waals surface area contributed by atoms with Gasteiger partial charge in [0.15, 0.2) is 0 Å². The predicted molar refractivity (Wildman–Crippen MR) is 64.6 cm³/mol. The molecule has 0 bridgehead atoms. The number of hydrogen-bond donors (Lipinski definition) is 1. The van der Waals surface area contributed by atoms with Crippen LogP contribution < -0.4 is 5.32 Å². The molecule has 0 aliphatic carbocycles. The van der Waals surface area contributed by atoms with Crippen molar-refractivity contribution in [2.75, 3.05) is 5.32 Å². The Morgan fingerprint density at radius 1 is 1.32 bits per heavy atom. The molecule has 1 N–H and O–H groups in total. The lowest BCUT2D eigenvalue weighted by molar-refractivity contribution is 0.0636. The third kappa shape index (κ3) is 4.82. The minimum atomic E-state index is -5.13. The number of anilines is 1. The molecule has 19 heavy (non-hydrogen) atoms. The summed E-state index contributed by atoms with van der Waals surface area (Å²) in [5.41, 5.74) is -0.774. The number of carbonyl (C=O) groups excluding carboxylic acids is 1. The monoisotopic (exact) mass is 293 g/mol. The maximum Gasteiger partial charge on any atom is 0.412 e. The van der Waals surface area contributed by atoms with E-state index in [4.69, 9.17) is 4.74 Å². The lowest BCUT2D eigenvalue weighted by Gasteiger charge is -2.19. The normalized spacial score (nSPS) is 12.1. The summed E-state index contributed by atoms with van der Waals surface area (Å²) in [5, 5.41) is 2.20. The van der Waals surface area contributed by atoms with E-state index in [1.807, 2.05) is 0 Å². The topological polar surface area (TPSA) is 72.5 Å². The second-order valence-electron chi connectivity index (χ2n) is 4.71. The summed E-state index contributed by atoms with van der Waals surface area (Å²) in [6.07, 6.45) is -0.831. The van der Waals surface area contributed by atoms with Crippen LogP contribution in [0.3, 0.4) is 0 Å². The molecular weight excluding hydrogens is 280 g/mol. The molecule has 0 atom stereocenters. The third-order valence-corrected chi connectivity index (χ3v) is 2.70. The average molecular weight is 293 g/mol. The van der Waals surface area contributed by atoms with E-state index in [1.165, 1.54) is 0 Å². The first kappa shape index (κ1) is 15.4. The fourth-order valence-corrected chi connectivity index (χ4v) is 1.72. The smallest absolute Gasteiger partial charge is 0.412 e. The maximum atomic E-state index is 13.3. The molecule has 5 nitrogen and oxygen atoms in total. The number of nitrogens with one attached hydrogen (secondary N) is 1. The minimum Gasteiger partial charge on any atom is -0.444 e. The highest BCUT2D eigenvalue weighted by atomic mass is 32.3. The minimum absolute atomic E-state index is 0.0425. The molecule has 1 aromatic carbocycles. The number of hydrogen-bond acceptors (Lipinski definition) is 4. The molecule has 0 fully saturated rings. The quantitative estimate of drug-likeness (QED) is 0.851. The predicted octanol–water partition coefficient (Wildman–Crippen LogP) is 2.83. The van der Waals surface area contributed by atoms with E-state index in [0.29, 0.717) is 6.07 Å². The lowest BCUT2D eigenvalue weighted by atomic mass is 10.2. The molecule has 0 aliphatic heterocycles. The van der Waals surface area contributed by atoms with E-state index < -0.39 is 32.6 Å². The first-order chi connectivity index (χ1) is 8.49. The molecule has 1 rings (SSSR count). The fourth-order valence-electron chi connectivity index (χ4n) is 1.20. The van der Waals surface area contributed by atoms with Gasteiger partial charge in [0.2, 0.25) is 0 Å². The van der Waals surface area contributed by atoms with E-state index in [9.17, 15) is 21.5 Å². The van der Waals surface area contributed by atoms with Gasteiger partial charge in [0.25, 0.3) is 0 Å². The summed E-state index contributed by atoms with van der Waals surface area (Å²) in [7, 11) is -5.13. The molecule has 0 aliphatic rings. The molecule has 0 spiro atoms. The van der Waals surface area contributed by atoms with Crippen LogP contribution in [-0.2, 0) is 15.0 Å². The summed E-state index contributed by atoms with van der Waals surface area (Å²) >= 11 is 0. The van der Waals surface area contributed by atoms with Crippen molar-refractivity contribution in [3.8, 4) is 0 Å². The molecule has 0 radical (unpaired) electrons. The Balaban J connectivity index is 2.89. The van der Waals surface area contributed by atoms with Gasteiger partial charge >= 0.3 is 16.3 Å². The highest BCUT2D eigenvalue weighted by Gasteiger charge is 2.20. The molecule has 0 saturated heterocycles. The van der Waals surface area contributed by atoms with E-state index in [1.54, 1.807) is 20.8 Å². The number of benzene rings is 1. The van der Waals surface area contributed by atoms with Crippen LogP contribution in [0.1, 0.15) is 20.8 Å². The van der Waals surface area contributed by atoms with E-state index in [0.717, 1.165) is 12.1 Å². The van der Waals surface area contributed by atoms with Crippen LogP contribution in [0.15, 0.2) is 23.1 Å². The Morgan fingerprint density at radius 3 is 2.32 bits per heavy atom. The van der Waals surface area contributed by atoms with Gasteiger partial charge in [-0.3, -0.25) is 5.32 Å². The molecule has 0 saturated carbocycles. The first-order valence-electron chi connectivity index (χ1n) is 5.23. The third-order valence-electron chi connectivity index (χ3n) is 1.84. The highest BCUT2D eigenvalue weighted by molar-refractivity contribution is 7.86. The lowest BCUT2D eigenvalue weighted by Crippen LogP contribution is -2.27. The summed E-state index contributed by atoms with van der Waals surface area (Å²) in [4.78, 5) is 10.3. The van der Waals surface area contributed by atoms with Crippen molar-refractivity contribution in [2.24, 2.45) is 0 Å². The Labute approximate surface area is 109 Å². The molecule has 0 heterocycles. The van der Waals surface area contributed by atoms with Gasteiger partial charge in [-0.25, -0.2) is 9.18 Å². The Kier molecular flexibility index (Phi) is 4.14. The number of rotatable bonds is 2. The van der Waals surface area contributed by atoms with Crippen LogP contribution in [0.4, 0.5) is 18.8 Å². The second-order valence-corrected chi connectivity index (χ2v) is 6.03. The molecule has 0 aromatic heterocycles. The van der Waals surface area contributed by atoms with Crippen LogP contribution in [0, 0.1) is 5.82 Å². The van der Waals surface area contributed by atoms with Crippen molar-refractivity contribution in [1.82, 2.24) is 0 Å². The maximum absolute atomic E-state index is 13.3. The van der Waals surface area contributed by atoms with Gasteiger partial charge in [-0.05, 0) is 39.0 Å². The Bertz CT molecular complexity index is 593. The Morgan fingerprint density at radius 2 is 1.89 bits per heavy atom. The standard InChI is InChI=1S/C11H13F2NO4S/c1-11(2,3)18-10(15)14-7-4-5-9(8(12)6-7)19(13,16)17/h4-6H,1-3H3,(H,14,15). The number of amides is 1. The van der Waals surface area contributed by atoms with Gasteiger partial charge in [0.1, 0.15) is 16.3 Å². The average Bonchev–Trinajstić information content (AvgIpc) is 2.11. The zero-order chi connectivity index (χ0) is 14.8. The molecule has 0 unspecified atom stereocenters. The van der Waals surface area contributed by atoms with Crippen molar-refractivity contribution < 1.29 is 26.2 Å². The van der Waals surface area contributed by atoms with Crippen LogP contribution in [0.5, 0.6) is 0 Å². The van der Waals surface area contributed by atoms with E-state index in [-0.39, 0.29) is 5.69 Å². The van der Waals surface area contributed by atoms with Crippen molar-refractivity contribution in [3.05, 3.63) is 24.0 Å². The van der Waals surface area contributed by atoms with Gasteiger partial charge in [-0.1, -0.05) is 0 Å². The van der Waals surface area contributed by atoms with Gasteiger partial charge in [-0.2, -0.15) is 8.42 Å². The Hall–Kier alpha value is -1.70. The SMILES string of the molecule is CC(C)(C)OC(=O)Nc1ccc(S(=O)(=O)F)c(F)c1. The fraction of sp³-hybridized carbons (Fsp3) is 0.364. The van der Waals surface area contributed by atoms with Crippen molar-refractivity contribution >= 4 is 22.0 Å². The number of carbonyl (C=O) groups is 1. The molecule has 106 valence electrons. The summed E-state index contributed by atoms with van der Waals surface area (Å²) in [6.45, 7) is 4.93. The van der Waals surface area contributed by atoms with E-state index >= 15 is 0 Å². The van der Waals surface area contributed by atoms with Crippen molar-refractivity contribution in [1.29, 1.82) is 0 Å². The van der Waals surface area contributed by atoms with Crippen LogP contribution >= 0.6 is 0 Å². The van der Waals surface area contributed by atoms with Gasteiger partial charge in [0, 0.05) is 5.69 Å². The summed E-state index contributed by atoms with van der Waals surface area (Å²) in [5.74, 6) is -1.30. The summed E-state index contributed by atoms with van der Waals surface area (Å²) < 4.78 is 52.0. The second kappa shape index (κ2) is 5.12. The van der Waals surface area contributed by atoms with Crippen LogP contribution in [0.2, 0.25) is 0 Å². The zero-order valence-electron chi connectivity index (χ0n) is 10.5. The van der Waals surface area contributed by atoms with Crippen molar-refractivity contribution in [3.63, 3.8) is 0 Å². The van der Waals surface area contributed by atoms with Crippen LogP contribution in [-0.4, -0.2) is 20.1 Å². The number of ether oxygens (including phenoxy) is 1. The van der Waals surface area contributed by atoms with Crippen molar-refractivity contribution in [2.45, 2.75) is 31.3 Å². The van der Waals surface area contributed by atoms with Gasteiger partial charge < -0.3 is 4.74 Å². The van der Waals surface area contributed by atoms with Gasteiger partial charge in [0.05, 0.1) is 0 Å². The zero-order valence-corrected chi connectivity index (χ0v) is 11.3. The van der Waals surface area contributed by atoms with Crippen LogP contribution in [0.25, 0.3) is 0 Å².